The van der Waals surface area contributed by atoms with Crippen molar-refractivity contribution in [2.75, 3.05) is 26.0 Å². The maximum absolute atomic E-state index is 12.7. The number of benzene rings is 1. The normalized spacial score (nSPS) is 18.5. The van der Waals surface area contributed by atoms with Crippen LogP contribution in [0.3, 0.4) is 0 Å². The molecule has 24 heavy (non-hydrogen) atoms. The molecule has 1 heterocycles. The van der Waals surface area contributed by atoms with Crippen LogP contribution in [0.25, 0.3) is 0 Å². The third-order valence-corrected chi connectivity index (χ3v) is 5.00. The Morgan fingerprint density at radius 1 is 1.25 bits per heavy atom. The molecular formula is C19H29N3O2. The molecule has 0 saturated carbocycles. The maximum atomic E-state index is 12.7. The minimum Gasteiger partial charge on any atom is -0.345 e. The maximum Gasteiger partial charge on any atom is 0.253 e. The number of amides is 2. The van der Waals surface area contributed by atoms with Crippen LogP contribution < -0.4 is 5.32 Å². The Balaban J connectivity index is 2.05. The van der Waals surface area contributed by atoms with E-state index in [1.807, 2.05) is 0 Å². The van der Waals surface area contributed by atoms with Crippen molar-refractivity contribution < 1.29 is 9.59 Å². The molecule has 1 aliphatic rings. The molecule has 1 atom stereocenters. The summed E-state index contributed by atoms with van der Waals surface area (Å²) in [6, 6.07) is 7.00. The van der Waals surface area contributed by atoms with Crippen LogP contribution in [0.4, 0.5) is 5.69 Å². The van der Waals surface area contributed by atoms with Gasteiger partial charge in [0.2, 0.25) is 5.91 Å². The van der Waals surface area contributed by atoms with Crippen molar-refractivity contribution >= 4 is 17.5 Å². The fourth-order valence-corrected chi connectivity index (χ4v) is 3.15. The summed E-state index contributed by atoms with van der Waals surface area (Å²) in [5.74, 6) is 0.000232. The molecular weight excluding hydrogens is 302 g/mol. The molecule has 132 valence electrons. The van der Waals surface area contributed by atoms with Gasteiger partial charge in [0.15, 0.2) is 0 Å². The second kappa shape index (κ2) is 7.34. The van der Waals surface area contributed by atoms with E-state index in [2.05, 4.69) is 31.0 Å². The van der Waals surface area contributed by atoms with Gasteiger partial charge in [-0.25, -0.2) is 0 Å². The van der Waals surface area contributed by atoms with Crippen LogP contribution >= 0.6 is 0 Å². The van der Waals surface area contributed by atoms with E-state index >= 15 is 0 Å². The molecule has 0 aromatic heterocycles. The number of anilines is 1. The SMILES string of the molecule is CCC(C)(C)N1CCCC1C(=O)Nc1ccc(C(=O)N(C)C)cc1. The molecule has 2 amide bonds. The number of nitrogens with one attached hydrogen (secondary N) is 1. The molecule has 1 aromatic rings. The second-order valence-corrected chi connectivity index (χ2v) is 7.28. The molecule has 0 aliphatic carbocycles. The van der Waals surface area contributed by atoms with Gasteiger partial charge in [-0.2, -0.15) is 0 Å². The van der Waals surface area contributed by atoms with E-state index in [-0.39, 0.29) is 23.4 Å². The van der Waals surface area contributed by atoms with E-state index in [0.29, 0.717) is 5.56 Å². The summed E-state index contributed by atoms with van der Waals surface area (Å²) < 4.78 is 0. The van der Waals surface area contributed by atoms with Crippen molar-refractivity contribution in [3.8, 4) is 0 Å². The first-order valence-corrected chi connectivity index (χ1v) is 8.65. The quantitative estimate of drug-likeness (QED) is 0.902. The Morgan fingerprint density at radius 2 is 1.88 bits per heavy atom. The van der Waals surface area contributed by atoms with Gasteiger partial charge in [-0.15, -0.1) is 0 Å². The molecule has 1 saturated heterocycles. The average Bonchev–Trinajstić information content (AvgIpc) is 3.05. The lowest BCUT2D eigenvalue weighted by atomic mass is 9.98. The lowest BCUT2D eigenvalue weighted by Gasteiger charge is -2.38. The minimum atomic E-state index is -0.0805. The molecule has 5 heteroatoms. The highest BCUT2D eigenvalue weighted by atomic mass is 16.2. The zero-order chi connectivity index (χ0) is 17.9. The first-order chi connectivity index (χ1) is 11.3. The Labute approximate surface area is 145 Å². The summed E-state index contributed by atoms with van der Waals surface area (Å²) in [4.78, 5) is 28.4. The van der Waals surface area contributed by atoms with Crippen LogP contribution in [0, 0.1) is 0 Å². The Morgan fingerprint density at radius 3 is 2.42 bits per heavy atom. The van der Waals surface area contributed by atoms with Gasteiger partial charge in [0.1, 0.15) is 0 Å². The topological polar surface area (TPSA) is 52.7 Å². The molecule has 1 unspecified atom stereocenters. The Hall–Kier alpha value is -1.88. The number of likely N-dealkylation sites (tertiary alicyclic amines) is 1. The number of carbonyl (C=O) groups is 2. The standard InChI is InChI=1S/C19H29N3O2/c1-6-19(2,3)22-13-7-8-16(22)17(23)20-15-11-9-14(10-12-15)18(24)21(4)5/h9-12,16H,6-8,13H2,1-5H3,(H,20,23). The predicted molar refractivity (Wildman–Crippen MR) is 97.2 cm³/mol. The monoisotopic (exact) mass is 331 g/mol. The van der Waals surface area contributed by atoms with Crippen LogP contribution in [0.5, 0.6) is 0 Å². The Kier molecular flexibility index (Phi) is 5.65. The van der Waals surface area contributed by atoms with Crippen molar-refractivity contribution in [3.05, 3.63) is 29.8 Å². The lowest BCUT2D eigenvalue weighted by molar-refractivity contribution is -0.122. The fourth-order valence-electron chi connectivity index (χ4n) is 3.15. The van der Waals surface area contributed by atoms with Gasteiger partial charge in [-0.3, -0.25) is 14.5 Å². The molecule has 0 bridgehead atoms. The van der Waals surface area contributed by atoms with E-state index in [0.717, 1.165) is 31.5 Å². The molecule has 1 N–H and O–H groups in total. The highest BCUT2D eigenvalue weighted by molar-refractivity contribution is 5.97. The van der Waals surface area contributed by atoms with Gasteiger partial charge in [-0.05, 0) is 63.9 Å². The first-order valence-electron chi connectivity index (χ1n) is 8.65. The minimum absolute atomic E-state index is 0.0283. The van der Waals surface area contributed by atoms with E-state index in [4.69, 9.17) is 0 Å². The van der Waals surface area contributed by atoms with Crippen LogP contribution in [0.15, 0.2) is 24.3 Å². The molecule has 0 radical (unpaired) electrons. The van der Waals surface area contributed by atoms with E-state index in [1.54, 1.807) is 38.4 Å². The number of nitrogens with zero attached hydrogens (tertiary/aromatic N) is 2. The van der Waals surface area contributed by atoms with Crippen molar-refractivity contribution in [1.29, 1.82) is 0 Å². The number of hydrogen-bond donors (Lipinski definition) is 1. The number of carbonyl (C=O) groups excluding carboxylic acids is 2. The zero-order valence-electron chi connectivity index (χ0n) is 15.4. The molecule has 5 nitrogen and oxygen atoms in total. The summed E-state index contributed by atoms with van der Waals surface area (Å²) in [6.07, 6.45) is 2.96. The summed E-state index contributed by atoms with van der Waals surface area (Å²) in [5.41, 5.74) is 1.38. The highest BCUT2D eigenvalue weighted by Crippen LogP contribution is 2.29. The summed E-state index contributed by atoms with van der Waals surface area (Å²) in [5, 5.41) is 3.00. The first kappa shape index (κ1) is 18.5. The van der Waals surface area contributed by atoms with Gasteiger partial charge in [0, 0.05) is 30.9 Å². The third-order valence-electron chi connectivity index (χ3n) is 5.00. The van der Waals surface area contributed by atoms with E-state index < -0.39 is 0 Å². The lowest BCUT2D eigenvalue weighted by Crippen LogP contribution is -2.50. The third kappa shape index (κ3) is 3.96. The smallest absolute Gasteiger partial charge is 0.253 e. The van der Waals surface area contributed by atoms with Crippen molar-refractivity contribution in [2.24, 2.45) is 0 Å². The second-order valence-electron chi connectivity index (χ2n) is 7.28. The fraction of sp³-hybridized carbons (Fsp3) is 0.579. The van der Waals surface area contributed by atoms with E-state index in [1.165, 1.54) is 4.90 Å². The van der Waals surface area contributed by atoms with Crippen LogP contribution in [-0.2, 0) is 4.79 Å². The number of hydrogen-bond acceptors (Lipinski definition) is 3. The van der Waals surface area contributed by atoms with Crippen molar-refractivity contribution in [1.82, 2.24) is 9.80 Å². The summed E-state index contributed by atoms with van der Waals surface area (Å²) in [6.45, 7) is 7.52. The summed E-state index contributed by atoms with van der Waals surface area (Å²) in [7, 11) is 3.45. The zero-order valence-corrected chi connectivity index (χ0v) is 15.4. The molecule has 1 fully saturated rings. The average molecular weight is 331 g/mol. The van der Waals surface area contributed by atoms with Gasteiger partial charge in [0.25, 0.3) is 5.91 Å². The Bertz CT molecular complexity index is 593. The van der Waals surface area contributed by atoms with Crippen LogP contribution in [0.1, 0.15) is 50.4 Å². The molecule has 1 aromatic carbocycles. The van der Waals surface area contributed by atoms with Crippen LogP contribution in [0.2, 0.25) is 0 Å². The number of rotatable bonds is 5. The van der Waals surface area contributed by atoms with E-state index in [9.17, 15) is 9.59 Å². The molecule has 1 aliphatic heterocycles. The highest BCUT2D eigenvalue weighted by Gasteiger charge is 2.38. The molecule has 0 spiro atoms. The van der Waals surface area contributed by atoms with Gasteiger partial charge in [-0.1, -0.05) is 6.92 Å². The van der Waals surface area contributed by atoms with Gasteiger partial charge in [0.05, 0.1) is 6.04 Å². The molecule has 2 rings (SSSR count). The summed E-state index contributed by atoms with van der Waals surface area (Å²) >= 11 is 0. The predicted octanol–water partition coefficient (Wildman–Crippen LogP) is 2.98. The van der Waals surface area contributed by atoms with Gasteiger partial charge >= 0.3 is 0 Å². The van der Waals surface area contributed by atoms with Crippen molar-refractivity contribution in [2.45, 2.75) is 51.6 Å². The van der Waals surface area contributed by atoms with Crippen molar-refractivity contribution in [3.63, 3.8) is 0 Å². The largest absolute Gasteiger partial charge is 0.345 e. The van der Waals surface area contributed by atoms with Crippen LogP contribution in [-0.4, -0.2) is 53.8 Å². The van der Waals surface area contributed by atoms with Gasteiger partial charge < -0.3 is 10.2 Å².